The summed E-state index contributed by atoms with van der Waals surface area (Å²) in [4.78, 5) is 15.0. The molecule has 2 atom stereocenters. The van der Waals surface area contributed by atoms with Crippen LogP contribution in [-0.4, -0.2) is 41.7 Å². The molecular formula is C16H20ClN5O. The molecule has 7 heteroatoms. The minimum atomic E-state index is -0.0351. The molecular weight excluding hydrogens is 314 g/mol. The third-order valence-corrected chi connectivity index (χ3v) is 3.99. The molecule has 1 aliphatic rings. The molecule has 3 rings (SSSR count). The quantitative estimate of drug-likeness (QED) is 0.928. The molecule has 2 aromatic rings. The van der Waals surface area contributed by atoms with Crippen molar-refractivity contribution in [1.82, 2.24) is 15.0 Å². The van der Waals surface area contributed by atoms with Crippen molar-refractivity contribution in [2.75, 3.05) is 30.9 Å². The van der Waals surface area contributed by atoms with Crippen LogP contribution in [0.3, 0.4) is 0 Å². The van der Waals surface area contributed by atoms with Gasteiger partial charge in [0.2, 0.25) is 11.9 Å². The van der Waals surface area contributed by atoms with Crippen molar-refractivity contribution in [3.63, 3.8) is 0 Å². The fourth-order valence-corrected chi connectivity index (χ4v) is 2.74. The van der Waals surface area contributed by atoms with Gasteiger partial charge in [-0.3, -0.25) is 0 Å². The Morgan fingerprint density at radius 3 is 2.61 bits per heavy atom. The second-order valence-electron chi connectivity index (χ2n) is 5.78. The Hall–Kier alpha value is -1.92. The molecule has 6 nitrogen and oxygen atoms in total. The van der Waals surface area contributed by atoms with E-state index in [4.69, 9.17) is 16.3 Å². The van der Waals surface area contributed by atoms with Crippen LogP contribution in [0.4, 0.5) is 11.9 Å². The van der Waals surface area contributed by atoms with Crippen molar-refractivity contribution in [3.05, 3.63) is 40.7 Å². The Balaban J connectivity index is 1.80. The highest BCUT2D eigenvalue weighted by Crippen LogP contribution is 2.31. The summed E-state index contributed by atoms with van der Waals surface area (Å²) in [6, 6.07) is 7.88. The zero-order valence-electron chi connectivity index (χ0n) is 13.5. The van der Waals surface area contributed by atoms with Gasteiger partial charge >= 0.3 is 0 Å². The molecule has 0 saturated carbocycles. The molecule has 23 heavy (non-hydrogen) atoms. The molecule has 0 spiro atoms. The van der Waals surface area contributed by atoms with E-state index in [2.05, 4.69) is 20.3 Å². The number of aromatic nitrogens is 3. The van der Waals surface area contributed by atoms with Crippen LogP contribution in [0.1, 0.15) is 23.9 Å². The molecule has 122 valence electrons. The number of aryl methyl sites for hydroxylation is 1. The number of benzene rings is 1. The number of halogens is 1. The summed E-state index contributed by atoms with van der Waals surface area (Å²) in [5, 5.41) is 4.12. The number of nitrogens with one attached hydrogen (secondary N) is 1. The van der Waals surface area contributed by atoms with E-state index in [1.807, 2.05) is 50.2 Å². The van der Waals surface area contributed by atoms with E-state index in [1.54, 1.807) is 0 Å². The van der Waals surface area contributed by atoms with Gasteiger partial charge < -0.3 is 15.0 Å². The number of nitrogens with zero attached hydrogens (tertiary/aromatic N) is 4. The smallest absolute Gasteiger partial charge is 0.229 e. The maximum absolute atomic E-state index is 5.96. The molecule has 1 aromatic carbocycles. The van der Waals surface area contributed by atoms with Gasteiger partial charge in [0.05, 0.1) is 6.04 Å². The standard InChI is InChI=1S/C16H20ClN5O/c1-10-18-15(21-16(19-10)22(2)3)20-13-8-9-23-14(13)11-4-6-12(17)7-5-11/h4-7,13-14H,8-9H2,1-3H3,(H,18,19,20,21)/t13-,14+/m0/s1. The predicted molar refractivity (Wildman–Crippen MR) is 91.1 cm³/mol. The van der Waals surface area contributed by atoms with Crippen LogP contribution in [0.25, 0.3) is 0 Å². The largest absolute Gasteiger partial charge is 0.371 e. The SMILES string of the molecule is Cc1nc(N[C@H]2CCO[C@@H]2c2ccc(Cl)cc2)nc(N(C)C)n1. The Labute approximate surface area is 140 Å². The highest BCUT2D eigenvalue weighted by molar-refractivity contribution is 6.30. The lowest BCUT2D eigenvalue weighted by atomic mass is 10.0. The molecule has 0 radical (unpaired) electrons. The van der Waals surface area contributed by atoms with Gasteiger partial charge in [-0.25, -0.2) is 0 Å². The summed E-state index contributed by atoms with van der Waals surface area (Å²) in [7, 11) is 3.82. The monoisotopic (exact) mass is 333 g/mol. The van der Waals surface area contributed by atoms with E-state index < -0.39 is 0 Å². The number of rotatable bonds is 4. The van der Waals surface area contributed by atoms with Crippen LogP contribution in [0, 0.1) is 6.92 Å². The van der Waals surface area contributed by atoms with Crippen LogP contribution in [-0.2, 0) is 4.74 Å². The van der Waals surface area contributed by atoms with Gasteiger partial charge in [0.1, 0.15) is 11.9 Å². The number of ether oxygens (including phenoxy) is 1. The van der Waals surface area contributed by atoms with Crippen molar-refractivity contribution in [2.24, 2.45) is 0 Å². The van der Waals surface area contributed by atoms with Gasteiger partial charge in [-0.2, -0.15) is 15.0 Å². The second kappa shape index (κ2) is 6.68. The number of hydrogen-bond donors (Lipinski definition) is 1. The van der Waals surface area contributed by atoms with Gasteiger partial charge in [0, 0.05) is 25.7 Å². The Bertz CT molecular complexity index is 677. The van der Waals surface area contributed by atoms with Crippen molar-refractivity contribution in [3.8, 4) is 0 Å². The molecule has 1 aromatic heterocycles. The average Bonchev–Trinajstić information content (AvgIpc) is 2.95. The fraction of sp³-hybridized carbons (Fsp3) is 0.438. The zero-order chi connectivity index (χ0) is 16.4. The molecule has 0 amide bonds. The topological polar surface area (TPSA) is 63.2 Å². The van der Waals surface area contributed by atoms with Crippen molar-refractivity contribution in [1.29, 1.82) is 0 Å². The normalized spacial score (nSPS) is 20.5. The Morgan fingerprint density at radius 2 is 1.91 bits per heavy atom. The van der Waals surface area contributed by atoms with Crippen LogP contribution in [0.5, 0.6) is 0 Å². The number of hydrogen-bond acceptors (Lipinski definition) is 6. The first-order valence-corrected chi connectivity index (χ1v) is 7.94. The van der Waals surface area contributed by atoms with Crippen molar-refractivity contribution in [2.45, 2.75) is 25.5 Å². The lowest BCUT2D eigenvalue weighted by Crippen LogP contribution is -2.25. The van der Waals surface area contributed by atoms with Gasteiger partial charge in [0.25, 0.3) is 0 Å². The van der Waals surface area contributed by atoms with E-state index in [0.29, 0.717) is 24.3 Å². The molecule has 0 unspecified atom stereocenters. The van der Waals surface area contributed by atoms with E-state index in [1.165, 1.54) is 0 Å². The molecule has 2 heterocycles. The molecule has 1 saturated heterocycles. The summed E-state index contributed by atoms with van der Waals surface area (Å²) >= 11 is 5.96. The second-order valence-corrected chi connectivity index (χ2v) is 6.22. The predicted octanol–water partition coefficient (Wildman–Crippen LogP) is 2.84. The van der Waals surface area contributed by atoms with Gasteiger partial charge in [0.15, 0.2) is 0 Å². The van der Waals surface area contributed by atoms with Gasteiger partial charge in [-0.05, 0) is 31.0 Å². The van der Waals surface area contributed by atoms with E-state index in [-0.39, 0.29) is 12.1 Å². The minimum absolute atomic E-state index is 0.0351. The van der Waals surface area contributed by atoms with Crippen molar-refractivity contribution < 1.29 is 4.74 Å². The van der Waals surface area contributed by atoms with Crippen molar-refractivity contribution >= 4 is 23.5 Å². The Morgan fingerprint density at radius 1 is 1.17 bits per heavy atom. The first-order chi connectivity index (χ1) is 11.0. The molecule has 1 aliphatic heterocycles. The van der Waals surface area contributed by atoms with E-state index >= 15 is 0 Å². The van der Waals surface area contributed by atoms with E-state index in [0.717, 1.165) is 17.0 Å². The lowest BCUT2D eigenvalue weighted by molar-refractivity contribution is 0.107. The highest BCUT2D eigenvalue weighted by Gasteiger charge is 2.30. The average molecular weight is 334 g/mol. The molecule has 1 fully saturated rings. The van der Waals surface area contributed by atoms with E-state index in [9.17, 15) is 0 Å². The minimum Gasteiger partial charge on any atom is -0.371 e. The summed E-state index contributed by atoms with van der Waals surface area (Å²) in [5.74, 6) is 1.91. The van der Waals surface area contributed by atoms with Gasteiger partial charge in [-0.15, -0.1) is 0 Å². The third kappa shape index (κ3) is 3.71. The lowest BCUT2D eigenvalue weighted by Gasteiger charge is -2.21. The van der Waals surface area contributed by atoms with Crippen LogP contribution in [0.2, 0.25) is 5.02 Å². The first kappa shape index (κ1) is 16.0. The molecule has 0 bridgehead atoms. The zero-order valence-corrected chi connectivity index (χ0v) is 14.2. The fourth-order valence-electron chi connectivity index (χ4n) is 2.62. The maximum Gasteiger partial charge on any atom is 0.229 e. The van der Waals surface area contributed by atoms with Crippen LogP contribution < -0.4 is 10.2 Å². The third-order valence-electron chi connectivity index (χ3n) is 3.74. The highest BCUT2D eigenvalue weighted by atomic mass is 35.5. The maximum atomic E-state index is 5.96. The summed E-state index contributed by atoms with van der Waals surface area (Å²) in [6.45, 7) is 2.57. The first-order valence-electron chi connectivity index (χ1n) is 7.56. The molecule has 0 aliphatic carbocycles. The summed E-state index contributed by atoms with van der Waals surface area (Å²) in [6.07, 6.45) is 0.863. The summed E-state index contributed by atoms with van der Waals surface area (Å²) < 4.78 is 5.88. The van der Waals surface area contributed by atoms with Crippen LogP contribution >= 0.6 is 11.6 Å². The Kier molecular flexibility index (Phi) is 4.63. The van der Waals surface area contributed by atoms with Crippen LogP contribution in [0.15, 0.2) is 24.3 Å². The number of anilines is 2. The molecule has 1 N–H and O–H groups in total. The summed E-state index contributed by atoms with van der Waals surface area (Å²) in [5.41, 5.74) is 1.10. The van der Waals surface area contributed by atoms with Gasteiger partial charge in [-0.1, -0.05) is 23.7 Å².